The molecule has 0 spiro atoms. The van der Waals surface area contributed by atoms with E-state index in [-0.39, 0.29) is 28.9 Å². The molecule has 2 aliphatic rings. The molecule has 1 saturated carbocycles. The van der Waals surface area contributed by atoms with Crippen molar-refractivity contribution in [1.29, 1.82) is 0 Å². The van der Waals surface area contributed by atoms with Gasteiger partial charge in [0.05, 0.1) is 19.4 Å². The van der Waals surface area contributed by atoms with Crippen molar-refractivity contribution in [3.8, 4) is 0 Å². The highest BCUT2D eigenvalue weighted by molar-refractivity contribution is 7.89. The van der Waals surface area contributed by atoms with Gasteiger partial charge in [-0.25, -0.2) is 21.6 Å². The van der Waals surface area contributed by atoms with Crippen molar-refractivity contribution in [2.24, 2.45) is 17.2 Å². The third-order valence-electron chi connectivity index (χ3n) is 8.31. The van der Waals surface area contributed by atoms with Gasteiger partial charge in [0.15, 0.2) is 0 Å². The summed E-state index contributed by atoms with van der Waals surface area (Å²) >= 11 is 1.39. The lowest BCUT2D eigenvalue weighted by atomic mass is 9.93. The summed E-state index contributed by atoms with van der Waals surface area (Å²) < 4.78 is 54.8. The smallest absolute Gasteiger partial charge is 0.261 e. The number of nitrogens with two attached hydrogens (primary N) is 3. The number of nitrogens with zero attached hydrogens (tertiary/aromatic N) is 2. The zero-order chi connectivity index (χ0) is 33.6. The minimum atomic E-state index is -3.52. The Labute approximate surface area is 279 Å². The van der Waals surface area contributed by atoms with E-state index in [1.807, 2.05) is 12.1 Å². The average molecular weight is 700 g/mol. The van der Waals surface area contributed by atoms with Gasteiger partial charge in [-0.15, -0.1) is 11.3 Å². The lowest BCUT2D eigenvalue weighted by Gasteiger charge is -2.26. The van der Waals surface area contributed by atoms with Crippen LogP contribution >= 0.6 is 11.3 Å². The number of aromatic nitrogens is 1. The lowest BCUT2D eigenvalue weighted by Crippen LogP contribution is -2.40. The summed E-state index contributed by atoms with van der Waals surface area (Å²) in [5, 5.41) is 3.86. The summed E-state index contributed by atoms with van der Waals surface area (Å²) in [5.74, 6) is -0.163. The van der Waals surface area contributed by atoms with Crippen molar-refractivity contribution in [3.63, 3.8) is 0 Å². The molecular weight excluding hydrogens is 659 g/mol. The first-order valence-corrected chi connectivity index (χ1v) is 19.2. The fraction of sp³-hybridized carbons (Fsp3) is 0.375. The first-order valence-electron chi connectivity index (χ1n) is 15.5. The van der Waals surface area contributed by atoms with Gasteiger partial charge in [-0.1, -0.05) is 24.3 Å². The molecular formula is C32H41N7O5S3. The number of rotatable bonds is 9. The second kappa shape index (κ2) is 15.3. The van der Waals surface area contributed by atoms with Crippen LogP contribution in [0.3, 0.4) is 0 Å². The molecule has 2 fully saturated rings. The summed E-state index contributed by atoms with van der Waals surface area (Å²) in [4.78, 5) is 17.6. The predicted octanol–water partition coefficient (Wildman–Crippen LogP) is 2.64. The highest BCUT2D eigenvalue weighted by Gasteiger charge is 2.31. The van der Waals surface area contributed by atoms with Crippen LogP contribution in [0.25, 0.3) is 10.1 Å². The number of hydrogen-bond donors (Lipinski definition) is 5. The molecule has 4 aromatic rings. The van der Waals surface area contributed by atoms with Gasteiger partial charge in [0.1, 0.15) is 0 Å². The molecule has 1 aliphatic heterocycles. The van der Waals surface area contributed by atoms with E-state index in [1.165, 1.54) is 15.6 Å². The first-order chi connectivity index (χ1) is 22.4. The summed E-state index contributed by atoms with van der Waals surface area (Å²) in [7, 11) is -6.95. The third kappa shape index (κ3) is 9.00. The van der Waals surface area contributed by atoms with Crippen LogP contribution in [-0.4, -0.2) is 63.2 Å². The van der Waals surface area contributed by atoms with Gasteiger partial charge in [0, 0.05) is 56.7 Å². The second-order valence-corrected chi connectivity index (χ2v) is 16.6. The summed E-state index contributed by atoms with van der Waals surface area (Å²) in [5.41, 5.74) is 18.9. The second-order valence-electron chi connectivity index (χ2n) is 11.8. The fourth-order valence-corrected chi connectivity index (χ4v) is 9.26. The van der Waals surface area contributed by atoms with Crippen LogP contribution in [0.5, 0.6) is 0 Å². The van der Waals surface area contributed by atoms with Crippen molar-refractivity contribution >= 4 is 47.4 Å². The number of benzene rings is 2. The fourth-order valence-electron chi connectivity index (χ4n) is 5.50. The van der Waals surface area contributed by atoms with E-state index in [4.69, 9.17) is 17.2 Å². The molecule has 15 heteroatoms. The molecule has 1 amide bonds. The van der Waals surface area contributed by atoms with E-state index in [0.29, 0.717) is 42.4 Å². The molecule has 1 aliphatic carbocycles. The number of pyridine rings is 1. The number of carbonyl (C=O) groups excluding carboxylic acids is 1. The number of amides is 1. The Morgan fingerprint density at radius 1 is 0.872 bits per heavy atom. The molecule has 8 N–H and O–H groups in total. The number of carbonyl (C=O) groups is 1. The minimum absolute atomic E-state index is 0.000940. The highest BCUT2D eigenvalue weighted by Crippen LogP contribution is 2.25. The largest absolute Gasteiger partial charge is 0.347 e. The Bertz CT molecular complexity index is 1840. The summed E-state index contributed by atoms with van der Waals surface area (Å²) in [6, 6.07) is 17.1. The van der Waals surface area contributed by atoms with Crippen molar-refractivity contribution in [2.75, 3.05) is 13.1 Å². The zero-order valence-electron chi connectivity index (χ0n) is 25.9. The highest BCUT2D eigenvalue weighted by atomic mass is 32.2. The van der Waals surface area contributed by atoms with E-state index >= 15 is 0 Å². The van der Waals surface area contributed by atoms with Crippen molar-refractivity contribution < 1.29 is 21.6 Å². The third-order valence-corrected chi connectivity index (χ3v) is 12.8. The van der Waals surface area contributed by atoms with E-state index in [2.05, 4.69) is 15.0 Å². The summed E-state index contributed by atoms with van der Waals surface area (Å²) in [6.45, 7) is 1.53. The molecule has 12 nitrogen and oxygen atoms in total. The zero-order valence-corrected chi connectivity index (χ0v) is 28.4. The number of fused-ring (bicyclic) bond motifs is 1. The maximum absolute atomic E-state index is 12.6. The van der Waals surface area contributed by atoms with Crippen LogP contribution < -0.4 is 27.2 Å². The van der Waals surface area contributed by atoms with Gasteiger partial charge < -0.3 is 22.5 Å². The van der Waals surface area contributed by atoms with Gasteiger partial charge in [0.25, 0.3) is 5.91 Å². The predicted molar refractivity (Wildman–Crippen MR) is 183 cm³/mol. The molecule has 1 atom stereocenters. The molecule has 0 bridgehead atoms. The van der Waals surface area contributed by atoms with Gasteiger partial charge in [0.2, 0.25) is 20.0 Å². The topological polar surface area (TPSA) is 204 Å². The van der Waals surface area contributed by atoms with Crippen LogP contribution in [-0.2, 0) is 33.1 Å². The maximum Gasteiger partial charge on any atom is 0.261 e. The van der Waals surface area contributed by atoms with E-state index in [9.17, 15) is 21.6 Å². The van der Waals surface area contributed by atoms with Crippen molar-refractivity contribution in [2.45, 2.75) is 73.1 Å². The molecule has 47 heavy (non-hydrogen) atoms. The van der Waals surface area contributed by atoms with Crippen molar-refractivity contribution in [3.05, 3.63) is 89.1 Å². The molecule has 6 rings (SSSR count). The van der Waals surface area contributed by atoms with E-state index in [1.54, 1.807) is 60.9 Å². The van der Waals surface area contributed by atoms with Crippen LogP contribution in [0.15, 0.2) is 82.8 Å². The molecule has 1 saturated heterocycles. The van der Waals surface area contributed by atoms with Crippen LogP contribution in [0.4, 0.5) is 0 Å². The normalized spacial score (nSPS) is 20.4. The molecule has 0 radical (unpaired) electrons. The quantitative estimate of drug-likeness (QED) is 0.174. The Hall–Kier alpha value is -3.28. The minimum Gasteiger partial charge on any atom is -0.347 e. The van der Waals surface area contributed by atoms with Gasteiger partial charge in [-0.3, -0.25) is 9.78 Å². The van der Waals surface area contributed by atoms with Crippen LogP contribution in [0, 0.1) is 0 Å². The SMILES string of the molecule is NC1CCN(S(=O)(=O)c2ccc(CNC(=O)c3cc4ccncc4s3)cc2)C1.NCc1ccc(S(=O)(=O)NC2CCC(N)CC2)cc1. The van der Waals surface area contributed by atoms with Crippen molar-refractivity contribution in [1.82, 2.24) is 19.3 Å². The van der Waals surface area contributed by atoms with E-state index < -0.39 is 20.0 Å². The standard InChI is InChI=1S/C19H20N4O3S2.C13H21N3O2S/c20-15-6-8-23(12-15)28(25,26)16-3-1-13(2-4-16)10-22-19(24)17-9-14-5-7-21-11-18(14)27-17;14-9-10-1-7-13(8-2-10)19(17,18)16-12-5-3-11(15)4-6-12/h1-5,7,9,11,15H,6,8,10,12,20H2,(H,22,24);1-2,7-8,11-12,16H,3-6,9,14-15H2. The van der Waals surface area contributed by atoms with Crippen LogP contribution in [0.2, 0.25) is 0 Å². The van der Waals surface area contributed by atoms with Gasteiger partial charge >= 0.3 is 0 Å². The monoisotopic (exact) mass is 699 g/mol. The molecule has 1 unspecified atom stereocenters. The van der Waals surface area contributed by atoms with Crippen LogP contribution in [0.1, 0.15) is 52.9 Å². The Balaban J connectivity index is 0.000000199. The number of thiophene rings is 1. The average Bonchev–Trinajstić information content (AvgIpc) is 3.72. The van der Waals surface area contributed by atoms with Gasteiger partial charge in [-0.05, 0) is 85.0 Å². The Morgan fingerprint density at radius 2 is 1.53 bits per heavy atom. The number of hydrogen-bond acceptors (Lipinski definition) is 10. The molecule has 2 aromatic heterocycles. The lowest BCUT2D eigenvalue weighted by molar-refractivity contribution is 0.0955. The molecule has 3 heterocycles. The Morgan fingerprint density at radius 3 is 2.15 bits per heavy atom. The molecule has 252 valence electrons. The van der Waals surface area contributed by atoms with E-state index in [0.717, 1.165) is 46.9 Å². The number of sulfonamides is 2. The Kier molecular flexibility index (Phi) is 11.4. The first kappa shape index (κ1) is 35.0. The number of nitrogens with one attached hydrogen (secondary N) is 2. The maximum atomic E-state index is 12.6. The molecule has 2 aromatic carbocycles. The van der Waals surface area contributed by atoms with Gasteiger partial charge in [-0.2, -0.15) is 4.31 Å². The summed E-state index contributed by atoms with van der Waals surface area (Å²) in [6.07, 6.45) is 7.48.